The van der Waals surface area contributed by atoms with Crippen LogP contribution in [0.15, 0.2) is 0 Å². The number of hydrogen-bond acceptors (Lipinski definition) is 3. The third-order valence-corrected chi connectivity index (χ3v) is 2.64. The van der Waals surface area contributed by atoms with Gasteiger partial charge in [0.15, 0.2) is 0 Å². The molecule has 2 rings (SSSR count). The molecule has 1 saturated heterocycles. The largest absolute Gasteiger partial charge is 0.509 e. The maximum absolute atomic E-state index is 10.8. The Morgan fingerprint density at radius 2 is 1.42 bits per heavy atom. The summed E-state index contributed by atoms with van der Waals surface area (Å²) < 4.78 is 10.1. The highest BCUT2D eigenvalue weighted by molar-refractivity contribution is 5.62. The van der Waals surface area contributed by atoms with E-state index in [0.717, 1.165) is 25.7 Å². The van der Waals surface area contributed by atoms with Crippen LogP contribution in [-0.2, 0) is 9.47 Å². The van der Waals surface area contributed by atoms with Gasteiger partial charge in [0, 0.05) is 0 Å². The molecule has 12 heavy (non-hydrogen) atoms. The predicted molar refractivity (Wildman–Crippen MR) is 42.8 cm³/mol. The Hall–Kier alpha value is -0.730. The molecule has 0 N–H and O–H groups in total. The Labute approximate surface area is 72.0 Å². The molecular formula is C9H14O3. The van der Waals surface area contributed by atoms with Crippen LogP contribution in [0.25, 0.3) is 0 Å². The van der Waals surface area contributed by atoms with Gasteiger partial charge >= 0.3 is 6.16 Å². The summed E-state index contributed by atoms with van der Waals surface area (Å²) in [5.74, 6) is 0. The first-order valence-electron chi connectivity index (χ1n) is 4.73. The van der Waals surface area contributed by atoms with Crippen LogP contribution in [0.1, 0.15) is 38.5 Å². The number of fused-ring (bicyclic) bond motifs is 1. The molecule has 68 valence electrons. The van der Waals surface area contributed by atoms with E-state index >= 15 is 0 Å². The van der Waals surface area contributed by atoms with E-state index in [1.807, 2.05) is 0 Å². The van der Waals surface area contributed by atoms with Crippen LogP contribution in [0.3, 0.4) is 0 Å². The van der Waals surface area contributed by atoms with Gasteiger partial charge in [-0.25, -0.2) is 4.79 Å². The van der Waals surface area contributed by atoms with E-state index in [-0.39, 0.29) is 12.2 Å². The van der Waals surface area contributed by atoms with Crippen molar-refractivity contribution in [1.82, 2.24) is 0 Å². The van der Waals surface area contributed by atoms with Crippen molar-refractivity contribution in [2.24, 2.45) is 0 Å². The van der Waals surface area contributed by atoms with Crippen molar-refractivity contribution in [2.45, 2.75) is 50.7 Å². The maximum Gasteiger partial charge on any atom is 0.509 e. The van der Waals surface area contributed by atoms with Gasteiger partial charge in [0.1, 0.15) is 12.2 Å². The first kappa shape index (κ1) is 7.90. The molecule has 0 aromatic heterocycles. The van der Waals surface area contributed by atoms with Crippen molar-refractivity contribution in [3.8, 4) is 0 Å². The summed E-state index contributed by atoms with van der Waals surface area (Å²) in [6, 6.07) is 0. The Bertz CT molecular complexity index is 161. The molecule has 1 heterocycles. The standard InChI is InChI=1S/C9H14O3/c10-9-11-7-5-3-1-2-4-6-8(7)12-9/h7-8H,1-6H2. The van der Waals surface area contributed by atoms with Gasteiger partial charge in [0.05, 0.1) is 0 Å². The molecule has 0 aromatic rings. The van der Waals surface area contributed by atoms with Gasteiger partial charge in [-0.15, -0.1) is 0 Å². The van der Waals surface area contributed by atoms with E-state index < -0.39 is 6.16 Å². The van der Waals surface area contributed by atoms with E-state index in [4.69, 9.17) is 9.47 Å². The summed E-state index contributed by atoms with van der Waals surface area (Å²) in [7, 11) is 0. The molecule has 0 radical (unpaired) electrons. The highest BCUT2D eigenvalue weighted by Gasteiger charge is 2.36. The zero-order valence-electron chi connectivity index (χ0n) is 7.12. The molecule has 0 amide bonds. The van der Waals surface area contributed by atoms with Crippen LogP contribution in [0.4, 0.5) is 4.79 Å². The van der Waals surface area contributed by atoms with E-state index in [1.165, 1.54) is 12.8 Å². The fourth-order valence-electron chi connectivity index (χ4n) is 1.96. The molecule has 0 spiro atoms. The van der Waals surface area contributed by atoms with Crippen molar-refractivity contribution in [3.05, 3.63) is 0 Å². The lowest BCUT2D eigenvalue weighted by atomic mass is 9.96. The van der Waals surface area contributed by atoms with E-state index in [9.17, 15) is 4.79 Å². The molecule has 3 nitrogen and oxygen atoms in total. The lowest BCUT2D eigenvalue weighted by molar-refractivity contribution is 0.114. The lowest BCUT2D eigenvalue weighted by Crippen LogP contribution is -2.23. The number of rotatable bonds is 0. The molecule has 0 bridgehead atoms. The highest BCUT2D eigenvalue weighted by atomic mass is 16.8. The van der Waals surface area contributed by atoms with E-state index in [1.54, 1.807) is 0 Å². The average Bonchev–Trinajstić information content (AvgIpc) is 2.32. The van der Waals surface area contributed by atoms with Gasteiger partial charge in [-0.3, -0.25) is 0 Å². The fraction of sp³-hybridized carbons (Fsp3) is 0.889. The molecule has 2 unspecified atom stereocenters. The van der Waals surface area contributed by atoms with Gasteiger partial charge in [-0.1, -0.05) is 12.8 Å². The van der Waals surface area contributed by atoms with Crippen molar-refractivity contribution in [3.63, 3.8) is 0 Å². The minimum atomic E-state index is -0.466. The SMILES string of the molecule is O=C1OC2CCCCCCC2O1. The highest BCUT2D eigenvalue weighted by Crippen LogP contribution is 2.27. The summed E-state index contributed by atoms with van der Waals surface area (Å²) in [5.41, 5.74) is 0. The second-order valence-electron chi connectivity index (χ2n) is 3.55. The Morgan fingerprint density at radius 1 is 0.917 bits per heavy atom. The number of ether oxygens (including phenoxy) is 2. The lowest BCUT2D eigenvalue weighted by Gasteiger charge is -2.17. The molecule has 2 aliphatic rings. The Morgan fingerprint density at radius 3 is 1.92 bits per heavy atom. The van der Waals surface area contributed by atoms with Gasteiger partial charge < -0.3 is 9.47 Å². The third kappa shape index (κ3) is 1.54. The smallest absolute Gasteiger partial charge is 0.427 e. The summed E-state index contributed by atoms with van der Waals surface area (Å²) >= 11 is 0. The van der Waals surface area contributed by atoms with E-state index in [2.05, 4.69) is 0 Å². The van der Waals surface area contributed by atoms with Crippen LogP contribution in [0.5, 0.6) is 0 Å². The number of hydrogen-bond donors (Lipinski definition) is 0. The number of carbonyl (C=O) groups excluding carboxylic acids is 1. The minimum absolute atomic E-state index is 0.0535. The quantitative estimate of drug-likeness (QED) is 0.523. The summed E-state index contributed by atoms with van der Waals surface area (Å²) in [6.07, 6.45) is 6.46. The van der Waals surface area contributed by atoms with Gasteiger partial charge in [0.25, 0.3) is 0 Å². The van der Waals surface area contributed by atoms with E-state index in [0.29, 0.717) is 0 Å². The fourth-order valence-corrected chi connectivity index (χ4v) is 1.96. The zero-order valence-corrected chi connectivity index (χ0v) is 7.12. The summed E-state index contributed by atoms with van der Waals surface area (Å²) in [5, 5.41) is 0. The minimum Gasteiger partial charge on any atom is -0.427 e. The second kappa shape index (κ2) is 3.33. The van der Waals surface area contributed by atoms with Crippen LogP contribution in [0.2, 0.25) is 0 Å². The average molecular weight is 170 g/mol. The zero-order chi connectivity index (χ0) is 8.39. The van der Waals surface area contributed by atoms with Crippen LogP contribution >= 0.6 is 0 Å². The molecule has 1 aliphatic heterocycles. The molecule has 3 heteroatoms. The molecule has 2 fully saturated rings. The predicted octanol–water partition coefficient (Wildman–Crippen LogP) is 2.24. The van der Waals surface area contributed by atoms with Crippen molar-refractivity contribution >= 4 is 6.16 Å². The van der Waals surface area contributed by atoms with Gasteiger partial charge in [-0.2, -0.15) is 0 Å². The Kier molecular flexibility index (Phi) is 2.19. The number of carbonyl (C=O) groups is 1. The molecular weight excluding hydrogens is 156 g/mol. The topological polar surface area (TPSA) is 35.5 Å². The molecule has 0 aromatic carbocycles. The molecule has 1 saturated carbocycles. The first-order valence-corrected chi connectivity index (χ1v) is 4.73. The molecule has 2 atom stereocenters. The maximum atomic E-state index is 10.8. The van der Waals surface area contributed by atoms with Crippen molar-refractivity contribution < 1.29 is 14.3 Å². The first-order chi connectivity index (χ1) is 5.86. The van der Waals surface area contributed by atoms with Crippen LogP contribution < -0.4 is 0 Å². The van der Waals surface area contributed by atoms with Crippen LogP contribution in [0, 0.1) is 0 Å². The van der Waals surface area contributed by atoms with Gasteiger partial charge in [0.2, 0.25) is 0 Å². The summed E-state index contributed by atoms with van der Waals surface area (Å²) in [4.78, 5) is 10.8. The Balaban J connectivity index is 1.96. The van der Waals surface area contributed by atoms with Gasteiger partial charge in [-0.05, 0) is 25.7 Å². The normalized spacial score (nSPS) is 35.8. The second-order valence-corrected chi connectivity index (χ2v) is 3.55. The van der Waals surface area contributed by atoms with Crippen molar-refractivity contribution in [2.75, 3.05) is 0 Å². The monoisotopic (exact) mass is 170 g/mol. The molecule has 1 aliphatic carbocycles. The van der Waals surface area contributed by atoms with Crippen LogP contribution in [-0.4, -0.2) is 18.4 Å². The summed E-state index contributed by atoms with van der Waals surface area (Å²) in [6.45, 7) is 0. The van der Waals surface area contributed by atoms with Crippen molar-refractivity contribution in [1.29, 1.82) is 0 Å². The third-order valence-electron chi connectivity index (χ3n) is 2.64.